The third-order valence-electron chi connectivity index (χ3n) is 1.59. The molecule has 1 aliphatic heterocycles. The second-order valence-corrected chi connectivity index (χ2v) is 2.30. The Hall–Kier alpha value is -0.120. The van der Waals surface area contributed by atoms with E-state index in [1.807, 2.05) is 0 Å². The molecular formula is C6H12O3. The first-order valence-electron chi connectivity index (χ1n) is 3.25. The topological polar surface area (TPSA) is 49.7 Å². The first kappa shape index (κ1) is 6.99. The molecule has 1 rings (SSSR count). The lowest BCUT2D eigenvalue weighted by Crippen LogP contribution is -2.36. The first-order valence-corrected chi connectivity index (χ1v) is 3.25. The summed E-state index contributed by atoms with van der Waals surface area (Å²) in [6, 6.07) is 0. The standard InChI is InChI=1S/C6H12O3/c7-4-6-5(8)2-1-3-9-6/h5-8H,1-4H2/t5-,6?/m1/s1. The highest BCUT2D eigenvalue weighted by atomic mass is 16.5. The SMILES string of the molecule is OCC1OCCC[C@H]1O. The summed E-state index contributed by atoms with van der Waals surface area (Å²) < 4.78 is 5.04. The fourth-order valence-corrected chi connectivity index (χ4v) is 0.999. The van der Waals surface area contributed by atoms with Gasteiger partial charge in [-0.15, -0.1) is 0 Å². The largest absolute Gasteiger partial charge is 0.394 e. The van der Waals surface area contributed by atoms with Gasteiger partial charge in [-0.1, -0.05) is 0 Å². The van der Waals surface area contributed by atoms with Gasteiger partial charge in [0.1, 0.15) is 6.10 Å². The van der Waals surface area contributed by atoms with Crippen LogP contribution in [0.15, 0.2) is 0 Å². The molecule has 3 nitrogen and oxygen atoms in total. The fraction of sp³-hybridized carbons (Fsp3) is 1.00. The van der Waals surface area contributed by atoms with Crippen LogP contribution in [0.3, 0.4) is 0 Å². The van der Waals surface area contributed by atoms with Gasteiger partial charge in [-0.2, -0.15) is 0 Å². The fourth-order valence-electron chi connectivity index (χ4n) is 0.999. The summed E-state index contributed by atoms with van der Waals surface area (Å²) in [5.41, 5.74) is 0. The zero-order valence-electron chi connectivity index (χ0n) is 5.29. The minimum Gasteiger partial charge on any atom is -0.394 e. The molecule has 1 unspecified atom stereocenters. The minimum atomic E-state index is -0.455. The minimum absolute atomic E-state index is 0.0683. The molecule has 1 heterocycles. The average molecular weight is 132 g/mol. The Bertz CT molecular complexity index is 84.4. The van der Waals surface area contributed by atoms with Crippen LogP contribution in [0.4, 0.5) is 0 Å². The lowest BCUT2D eigenvalue weighted by atomic mass is 10.1. The van der Waals surface area contributed by atoms with Crippen LogP contribution < -0.4 is 0 Å². The Labute approximate surface area is 54.3 Å². The van der Waals surface area contributed by atoms with Crippen LogP contribution in [0.1, 0.15) is 12.8 Å². The number of aliphatic hydroxyl groups is 2. The maximum atomic E-state index is 9.08. The number of rotatable bonds is 1. The van der Waals surface area contributed by atoms with Crippen LogP contribution in [0.2, 0.25) is 0 Å². The molecule has 54 valence electrons. The zero-order valence-corrected chi connectivity index (χ0v) is 5.29. The van der Waals surface area contributed by atoms with Crippen molar-refractivity contribution in [3.05, 3.63) is 0 Å². The van der Waals surface area contributed by atoms with E-state index in [-0.39, 0.29) is 12.7 Å². The normalized spacial score (nSPS) is 36.7. The summed E-state index contributed by atoms with van der Waals surface area (Å²) in [6.45, 7) is 0.601. The predicted octanol–water partition coefficient (Wildman–Crippen LogP) is -0.481. The van der Waals surface area contributed by atoms with E-state index in [2.05, 4.69) is 0 Å². The van der Waals surface area contributed by atoms with E-state index >= 15 is 0 Å². The maximum absolute atomic E-state index is 9.08. The van der Waals surface area contributed by atoms with Crippen molar-refractivity contribution >= 4 is 0 Å². The summed E-state index contributed by atoms with van der Waals surface area (Å²) >= 11 is 0. The van der Waals surface area contributed by atoms with Gasteiger partial charge in [-0.3, -0.25) is 0 Å². The molecule has 0 bridgehead atoms. The van der Waals surface area contributed by atoms with E-state index in [1.54, 1.807) is 0 Å². The van der Waals surface area contributed by atoms with Gasteiger partial charge in [0.25, 0.3) is 0 Å². The van der Waals surface area contributed by atoms with Crippen molar-refractivity contribution in [3.8, 4) is 0 Å². The van der Waals surface area contributed by atoms with Crippen molar-refractivity contribution in [1.82, 2.24) is 0 Å². The number of hydrogen-bond acceptors (Lipinski definition) is 3. The zero-order chi connectivity index (χ0) is 6.69. The van der Waals surface area contributed by atoms with E-state index in [1.165, 1.54) is 0 Å². The van der Waals surface area contributed by atoms with Gasteiger partial charge in [-0.05, 0) is 12.8 Å². The summed E-state index contributed by atoms with van der Waals surface area (Å²) in [5, 5.41) is 17.7. The average Bonchev–Trinajstić information content (AvgIpc) is 1.89. The molecule has 2 N–H and O–H groups in total. The van der Waals surface area contributed by atoms with Gasteiger partial charge in [0.2, 0.25) is 0 Å². The van der Waals surface area contributed by atoms with Gasteiger partial charge < -0.3 is 14.9 Å². The predicted molar refractivity (Wildman–Crippen MR) is 32.1 cm³/mol. The molecular weight excluding hydrogens is 120 g/mol. The van der Waals surface area contributed by atoms with Crippen molar-refractivity contribution in [1.29, 1.82) is 0 Å². The van der Waals surface area contributed by atoms with Crippen molar-refractivity contribution in [2.24, 2.45) is 0 Å². The van der Waals surface area contributed by atoms with Gasteiger partial charge in [0, 0.05) is 6.61 Å². The number of hydrogen-bond donors (Lipinski definition) is 2. The Morgan fingerprint density at radius 3 is 2.78 bits per heavy atom. The van der Waals surface area contributed by atoms with Crippen LogP contribution >= 0.6 is 0 Å². The smallest absolute Gasteiger partial charge is 0.106 e. The lowest BCUT2D eigenvalue weighted by Gasteiger charge is -2.25. The summed E-state index contributed by atoms with van der Waals surface area (Å²) in [6.07, 6.45) is 0.866. The highest BCUT2D eigenvalue weighted by Crippen LogP contribution is 2.12. The second kappa shape index (κ2) is 3.15. The van der Waals surface area contributed by atoms with Crippen LogP contribution in [-0.2, 0) is 4.74 Å². The van der Waals surface area contributed by atoms with E-state index in [9.17, 15) is 0 Å². The van der Waals surface area contributed by atoms with Crippen molar-refractivity contribution in [3.63, 3.8) is 0 Å². The molecule has 0 aromatic rings. The molecule has 0 radical (unpaired) electrons. The second-order valence-electron chi connectivity index (χ2n) is 2.30. The summed E-state index contributed by atoms with van der Waals surface area (Å²) in [7, 11) is 0. The van der Waals surface area contributed by atoms with Crippen LogP contribution in [0.5, 0.6) is 0 Å². The van der Waals surface area contributed by atoms with Crippen molar-refractivity contribution in [2.45, 2.75) is 25.0 Å². The Balaban J connectivity index is 2.30. The van der Waals surface area contributed by atoms with Crippen molar-refractivity contribution < 1.29 is 14.9 Å². The van der Waals surface area contributed by atoms with E-state index in [0.29, 0.717) is 6.61 Å². The van der Waals surface area contributed by atoms with Gasteiger partial charge in [0.15, 0.2) is 0 Å². The number of ether oxygens (including phenoxy) is 1. The monoisotopic (exact) mass is 132 g/mol. The van der Waals surface area contributed by atoms with E-state index in [4.69, 9.17) is 14.9 Å². The quantitative estimate of drug-likeness (QED) is 0.506. The molecule has 1 saturated heterocycles. The van der Waals surface area contributed by atoms with Crippen molar-refractivity contribution in [2.75, 3.05) is 13.2 Å². The highest BCUT2D eigenvalue weighted by Gasteiger charge is 2.22. The molecule has 0 amide bonds. The Morgan fingerprint density at radius 2 is 2.33 bits per heavy atom. The summed E-state index contributed by atoms with van der Waals surface area (Å²) in [5.74, 6) is 0. The molecule has 1 aliphatic rings. The molecule has 9 heavy (non-hydrogen) atoms. The molecule has 0 aromatic heterocycles. The third kappa shape index (κ3) is 1.64. The maximum Gasteiger partial charge on any atom is 0.106 e. The van der Waals surface area contributed by atoms with E-state index in [0.717, 1.165) is 12.8 Å². The third-order valence-corrected chi connectivity index (χ3v) is 1.59. The van der Waals surface area contributed by atoms with Gasteiger partial charge >= 0.3 is 0 Å². The van der Waals surface area contributed by atoms with Gasteiger partial charge in [-0.25, -0.2) is 0 Å². The van der Waals surface area contributed by atoms with Gasteiger partial charge in [0.05, 0.1) is 12.7 Å². The van der Waals surface area contributed by atoms with Crippen LogP contribution in [0.25, 0.3) is 0 Å². The molecule has 0 aromatic carbocycles. The molecule has 0 saturated carbocycles. The van der Waals surface area contributed by atoms with Crippen LogP contribution in [0, 0.1) is 0 Å². The molecule has 3 heteroatoms. The molecule has 0 aliphatic carbocycles. The Kier molecular flexibility index (Phi) is 2.45. The van der Waals surface area contributed by atoms with E-state index < -0.39 is 6.10 Å². The summed E-state index contributed by atoms with van der Waals surface area (Å²) in [4.78, 5) is 0. The Morgan fingerprint density at radius 1 is 1.56 bits per heavy atom. The lowest BCUT2D eigenvalue weighted by molar-refractivity contribution is -0.0942. The molecule has 0 spiro atoms. The number of aliphatic hydroxyl groups excluding tert-OH is 2. The highest BCUT2D eigenvalue weighted by molar-refractivity contribution is 4.71. The van der Waals surface area contributed by atoms with Crippen LogP contribution in [-0.4, -0.2) is 35.6 Å². The first-order chi connectivity index (χ1) is 4.34. The molecule has 2 atom stereocenters. The molecule has 1 fully saturated rings.